The highest BCUT2D eigenvalue weighted by molar-refractivity contribution is 5.95. The maximum Gasteiger partial charge on any atom is 0.338 e. The van der Waals surface area contributed by atoms with Gasteiger partial charge in [0.15, 0.2) is 0 Å². The molecule has 0 spiro atoms. The van der Waals surface area contributed by atoms with Crippen LogP contribution < -0.4 is 10.1 Å². The summed E-state index contributed by atoms with van der Waals surface area (Å²) in [5, 5.41) is 2.97. The molecule has 2 aromatic rings. The van der Waals surface area contributed by atoms with Gasteiger partial charge in [0.05, 0.1) is 18.2 Å². The number of amides is 3. The van der Waals surface area contributed by atoms with Crippen molar-refractivity contribution in [2.75, 3.05) is 39.8 Å². The van der Waals surface area contributed by atoms with Crippen molar-refractivity contribution >= 4 is 17.9 Å². The highest BCUT2D eigenvalue weighted by Crippen LogP contribution is 2.34. The average molecular weight is 535 g/mol. The minimum absolute atomic E-state index is 0.0191. The van der Waals surface area contributed by atoms with Crippen LogP contribution in [-0.2, 0) is 14.3 Å². The Morgan fingerprint density at radius 3 is 2.44 bits per heavy atom. The first-order chi connectivity index (χ1) is 18.7. The lowest BCUT2D eigenvalue weighted by atomic mass is 9.94. The van der Waals surface area contributed by atoms with Gasteiger partial charge in [-0.05, 0) is 43.7 Å². The molecule has 1 saturated heterocycles. The first-order valence-electron chi connectivity index (χ1n) is 13.5. The van der Waals surface area contributed by atoms with E-state index in [1.54, 1.807) is 14.0 Å². The molecule has 9 heteroatoms. The Kier molecular flexibility index (Phi) is 8.91. The maximum atomic E-state index is 13.4. The van der Waals surface area contributed by atoms with Gasteiger partial charge in [-0.3, -0.25) is 14.6 Å². The number of rotatable bonds is 8. The molecule has 2 atom stereocenters. The van der Waals surface area contributed by atoms with Gasteiger partial charge in [-0.1, -0.05) is 44.2 Å². The predicted molar refractivity (Wildman–Crippen MR) is 148 cm³/mol. The molecular weight excluding hydrogens is 496 g/mol. The lowest BCUT2D eigenvalue weighted by Gasteiger charge is -2.42. The fourth-order valence-electron chi connectivity index (χ4n) is 5.08. The number of para-hydroxylation sites is 1. The Balaban J connectivity index is 1.65. The second kappa shape index (κ2) is 12.3. The van der Waals surface area contributed by atoms with E-state index in [-0.39, 0.29) is 30.5 Å². The Labute approximate surface area is 230 Å². The van der Waals surface area contributed by atoms with Gasteiger partial charge in [-0.2, -0.15) is 0 Å². The molecule has 2 heterocycles. The molecule has 3 amide bonds. The summed E-state index contributed by atoms with van der Waals surface area (Å²) in [5.41, 5.74) is 1.70. The molecule has 9 nitrogen and oxygen atoms in total. The van der Waals surface area contributed by atoms with Crippen LogP contribution in [0.25, 0.3) is 0 Å². The number of urea groups is 1. The van der Waals surface area contributed by atoms with Crippen LogP contribution in [0.3, 0.4) is 0 Å². The number of carbonyl (C=O) groups excluding carboxylic acids is 3. The number of esters is 1. The topological polar surface area (TPSA) is 91.4 Å². The third kappa shape index (κ3) is 6.42. The quantitative estimate of drug-likeness (QED) is 0.511. The zero-order valence-electron chi connectivity index (χ0n) is 23.3. The summed E-state index contributed by atoms with van der Waals surface area (Å²) >= 11 is 0. The van der Waals surface area contributed by atoms with E-state index in [1.807, 2.05) is 80.3 Å². The Morgan fingerprint density at radius 2 is 1.77 bits per heavy atom. The molecule has 39 heavy (non-hydrogen) atoms. The normalized spacial score (nSPS) is 20.2. The van der Waals surface area contributed by atoms with Gasteiger partial charge in [0, 0.05) is 50.9 Å². The summed E-state index contributed by atoms with van der Waals surface area (Å²) in [6.07, 6.45) is 0. The van der Waals surface area contributed by atoms with Crippen molar-refractivity contribution < 1.29 is 23.9 Å². The molecule has 0 saturated carbocycles. The molecule has 2 aliphatic rings. The lowest BCUT2D eigenvalue weighted by Crippen LogP contribution is -2.56. The third-order valence-corrected chi connectivity index (χ3v) is 7.10. The van der Waals surface area contributed by atoms with E-state index >= 15 is 0 Å². The van der Waals surface area contributed by atoms with Crippen LogP contribution in [0.5, 0.6) is 11.5 Å². The summed E-state index contributed by atoms with van der Waals surface area (Å²) in [6, 6.07) is 15.8. The average Bonchev–Trinajstić information content (AvgIpc) is 2.91. The molecular formula is C30H38N4O5. The monoisotopic (exact) mass is 534 g/mol. The minimum atomic E-state index is -0.705. The van der Waals surface area contributed by atoms with Crippen molar-refractivity contribution in [3.63, 3.8) is 0 Å². The number of hydrogen-bond acceptors (Lipinski definition) is 6. The largest absolute Gasteiger partial charge is 0.463 e. The fraction of sp³-hybridized carbons (Fsp3) is 0.433. The molecule has 2 aromatic carbocycles. The van der Waals surface area contributed by atoms with E-state index in [2.05, 4.69) is 10.2 Å². The summed E-state index contributed by atoms with van der Waals surface area (Å²) in [5.74, 6) is 0.887. The molecule has 2 aliphatic heterocycles. The third-order valence-electron chi connectivity index (χ3n) is 7.10. The number of piperazine rings is 1. The van der Waals surface area contributed by atoms with Crippen LogP contribution in [0.15, 0.2) is 65.9 Å². The predicted octanol–water partition coefficient (Wildman–Crippen LogP) is 4.18. The maximum absolute atomic E-state index is 13.4. The molecule has 0 aromatic heterocycles. The summed E-state index contributed by atoms with van der Waals surface area (Å²) in [4.78, 5) is 44.7. The van der Waals surface area contributed by atoms with Gasteiger partial charge < -0.3 is 19.7 Å². The van der Waals surface area contributed by atoms with E-state index in [0.717, 1.165) is 0 Å². The fourth-order valence-corrected chi connectivity index (χ4v) is 5.08. The van der Waals surface area contributed by atoms with Crippen molar-refractivity contribution in [2.45, 2.75) is 39.8 Å². The van der Waals surface area contributed by atoms with Gasteiger partial charge in [-0.15, -0.1) is 0 Å². The van der Waals surface area contributed by atoms with Crippen LogP contribution >= 0.6 is 0 Å². The summed E-state index contributed by atoms with van der Waals surface area (Å²) in [7, 11) is 1.66. The number of hydrogen-bond donors (Lipinski definition) is 1. The first kappa shape index (κ1) is 28.2. The van der Waals surface area contributed by atoms with Gasteiger partial charge in [0.2, 0.25) is 5.91 Å². The van der Waals surface area contributed by atoms with Crippen molar-refractivity contribution in [1.29, 1.82) is 0 Å². The summed E-state index contributed by atoms with van der Waals surface area (Å²) < 4.78 is 11.5. The van der Waals surface area contributed by atoms with E-state index in [0.29, 0.717) is 54.5 Å². The number of nitrogens with zero attached hydrogens (tertiary/aromatic N) is 3. The zero-order chi connectivity index (χ0) is 28.1. The molecule has 208 valence electrons. The highest BCUT2D eigenvalue weighted by atomic mass is 16.5. The van der Waals surface area contributed by atoms with Crippen molar-refractivity contribution in [1.82, 2.24) is 20.0 Å². The van der Waals surface area contributed by atoms with Crippen molar-refractivity contribution in [3.8, 4) is 11.5 Å². The molecule has 0 aliphatic carbocycles. The minimum Gasteiger partial charge on any atom is -0.463 e. The van der Waals surface area contributed by atoms with E-state index in [4.69, 9.17) is 9.47 Å². The standard InChI is InChI=1S/C30H38N4O5/c1-6-38-29(36)26-25(19-33-15-16-34(21(4)18-33)28(35)20(2)3)32(5)30(37)31-27(26)22-11-10-14-24(17-22)39-23-12-8-7-9-13-23/h7-14,17,20-21,27H,6,15-16,18-19H2,1-5H3,(H,31,37). The van der Waals surface area contributed by atoms with Gasteiger partial charge in [0.25, 0.3) is 0 Å². The van der Waals surface area contributed by atoms with Crippen LogP contribution in [-0.4, -0.2) is 78.5 Å². The number of carbonyl (C=O) groups is 3. The smallest absolute Gasteiger partial charge is 0.338 e. The Bertz CT molecular complexity index is 1230. The van der Waals surface area contributed by atoms with Gasteiger partial charge in [-0.25, -0.2) is 9.59 Å². The molecule has 4 rings (SSSR count). The van der Waals surface area contributed by atoms with Gasteiger partial charge >= 0.3 is 12.0 Å². The molecule has 1 fully saturated rings. The lowest BCUT2D eigenvalue weighted by molar-refractivity contribution is -0.139. The second-order valence-electron chi connectivity index (χ2n) is 10.3. The van der Waals surface area contributed by atoms with E-state index in [9.17, 15) is 14.4 Å². The number of ether oxygens (including phenoxy) is 2. The first-order valence-corrected chi connectivity index (χ1v) is 13.5. The SMILES string of the molecule is CCOC(=O)C1=C(CN2CCN(C(=O)C(C)C)C(C)C2)N(C)C(=O)NC1c1cccc(Oc2ccccc2)c1. The number of benzene rings is 2. The summed E-state index contributed by atoms with van der Waals surface area (Å²) in [6.45, 7) is 10.1. The second-order valence-corrected chi connectivity index (χ2v) is 10.3. The van der Waals surface area contributed by atoms with E-state index in [1.165, 1.54) is 4.90 Å². The van der Waals surface area contributed by atoms with E-state index < -0.39 is 12.0 Å². The molecule has 2 unspecified atom stereocenters. The zero-order valence-corrected chi connectivity index (χ0v) is 23.3. The molecule has 0 bridgehead atoms. The number of nitrogens with one attached hydrogen (secondary N) is 1. The van der Waals surface area contributed by atoms with Crippen LogP contribution in [0, 0.1) is 5.92 Å². The van der Waals surface area contributed by atoms with Crippen LogP contribution in [0.1, 0.15) is 39.3 Å². The Hall–Kier alpha value is -3.85. The molecule has 1 N–H and O–H groups in total. The molecule has 0 radical (unpaired) electrons. The van der Waals surface area contributed by atoms with Gasteiger partial charge in [0.1, 0.15) is 11.5 Å². The van der Waals surface area contributed by atoms with Crippen LogP contribution in [0.4, 0.5) is 4.79 Å². The van der Waals surface area contributed by atoms with Crippen molar-refractivity contribution in [3.05, 3.63) is 71.4 Å². The highest BCUT2D eigenvalue weighted by Gasteiger charge is 2.38. The number of likely N-dealkylation sites (N-methyl/N-ethyl adjacent to an activating group) is 1. The Morgan fingerprint density at radius 1 is 1.05 bits per heavy atom. The van der Waals surface area contributed by atoms with Crippen LogP contribution in [0.2, 0.25) is 0 Å². The van der Waals surface area contributed by atoms with Crippen molar-refractivity contribution in [2.24, 2.45) is 5.92 Å².